The van der Waals surface area contributed by atoms with Gasteiger partial charge < -0.3 is 19.3 Å². The minimum absolute atomic E-state index is 0.113. The molecule has 26 heavy (non-hydrogen) atoms. The Hall–Kier alpha value is -2.90. The fraction of sp³-hybridized carbons (Fsp3) is 0.389. The van der Waals surface area contributed by atoms with Crippen molar-refractivity contribution in [3.05, 3.63) is 42.1 Å². The monoisotopic (exact) mass is 358 g/mol. The third-order valence-electron chi connectivity index (χ3n) is 4.62. The lowest BCUT2D eigenvalue weighted by molar-refractivity contribution is -0.141. The Kier molecular flexibility index (Phi) is 4.32. The summed E-state index contributed by atoms with van der Waals surface area (Å²) >= 11 is 0. The highest BCUT2D eigenvalue weighted by atomic mass is 19.1. The van der Waals surface area contributed by atoms with Crippen LogP contribution in [0.25, 0.3) is 0 Å². The molecule has 2 aliphatic heterocycles. The maximum atomic E-state index is 14.2. The number of rotatable bonds is 2. The average Bonchev–Trinajstić information content (AvgIpc) is 2.69. The van der Waals surface area contributed by atoms with Crippen LogP contribution in [0.3, 0.4) is 0 Å². The molecule has 136 valence electrons. The number of piperazine rings is 1. The summed E-state index contributed by atoms with van der Waals surface area (Å²) in [6.45, 7) is 3.76. The van der Waals surface area contributed by atoms with E-state index in [-0.39, 0.29) is 18.3 Å². The molecule has 8 heteroatoms. The largest absolute Gasteiger partial charge is 0.485 e. The van der Waals surface area contributed by atoms with Crippen LogP contribution in [0.4, 0.5) is 10.2 Å². The van der Waals surface area contributed by atoms with Gasteiger partial charge in [0.1, 0.15) is 12.9 Å². The van der Waals surface area contributed by atoms with Crippen LogP contribution in [0, 0.1) is 12.7 Å². The molecule has 0 aliphatic carbocycles. The van der Waals surface area contributed by atoms with E-state index in [4.69, 9.17) is 9.47 Å². The first-order chi connectivity index (χ1) is 12.6. The molecule has 1 unspecified atom stereocenters. The minimum Gasteiger partial charge on any atom is -0.485 e. The molecular formula is C18H19FN4O3. The number of aryl methyl sites for hydroxylation is 1. The van der Waals surface area contributed by atoms with Crippen LogP contribution >= 0.6 is 0 Å². The van der Waals surface area contributed by atoms with Crippen molar-refractivity contribution in [2.75, 3.05) is 37.7 Å². The zero-order chi connectivity index (χ0) is 18.1. The molecule has 1 aromatic carbocycles. The molecule has 1 atom stereocenters. The second kappa shape index (κ2) is 6.78. The molecule has 1 amide bonds. The summed E-state index contributed by atoms with van der Waals surface area (Å²) < 4.78 is 25.6. The van der Waals surface area contributed by atoms with Crippen LogP contribution in [-0.4, -0.2) is 59.7 Å². The van der Waals surface area contributed by atoms with Gasteiger partial charge in [0.25, 0.3) is 5.91 Å². The molecule has 1 aromatic heterocycles. The predicted octanol–water partition coefficient (Wildman–Crippen LogP) is 1.41. The Morgan fingerprint density at radius 3 is 2.65 bits per heavy atom. The van der Waals surface area contributed by atoms with E-state index in [9.17, 15) is 9.18 Å². The number of carbonyl (C=O) groups excluding carboxylic acids is 1. The van der Waals surface area contributed by atoms with Crippen molar-refractivity contribution in [3.8, 4) is 11.5 Å². The van der Waals surface area contributed by atoms with Crippen LogP contribution in [-0.2, 0) is 4.79 Å². The van der Waals surface area contributed by atoms with Gasteiger partial charge in [0.05, 0.1) is 5.69 Å². The van der Waals surface area contributed by atoms with Crippen molar-refractivity contribution < 1.29 is 18.7 Å². The molecule has 0 saturated carbocycles. The quantitative estimate of drug-likeness (QED) is 0.809. The van der Waals surface area contributed by atoms with Crippen molar-refractivity contribution in [2.24, 2.45) is 0 Å². The number of para-hydroxylation sites is 2. The van der Waals surface area contributed by atoms with Crippen LogP contribution < -0.4 is 14.4 Å². The first kappa shape index (κ1) is 16.6. The number of amides is 1. The summed E-state index contributed by atoms with van der Waals surface area (Å²) in [6.07, 6.45) is 0.699. The van der Waals surface area contributed by atoms with Crippen molar-refractivity contribution in [1.29, 1.82) is 0 Å². The van der Waals surface area contributed by atoms with Crippen molar-refractivity contribution in [3.63, 3.8) is 0 Å². The smallest absolute Gasteiger partial charge is 0.267 e. The number of aromatic nitrogens is 2. The Labute approximate surface area is 150 Å². The van der Waals surface area contributed by atoms with E-state index in [1.165, 1.54) is 6.33 Å². The first-order valence-electron chi connectivity index (χ1n) is 8.53. The molecule has 7 nitrogen and oxygen atoms in total. The molecule has 2 aliphatic rings. The SMILES string of the molecule is Cc1ncnc(N2CCN(C(=O)C3COc4ccccc4O3)CC2)c1F. The number of benzene rings is 1. The summed E-state index contributed by atoms with van der Waals surface area (Å²) in [4.78, 5) is 24.2. The summed E-state index contributed by atoms with van der Waals surface area (Å²) in [6, 6.07) is 7.30. The number of hydrogen-bond acceptors (Lipinski definition) is 6. The fourth-order valence-electron chi connectivity index (χ4n) is 3.15. The third kappa shape index (κ3) is 3.02. The maximum Gasteiger partial charge on any atom is 0.267 e. The van der Waals surface area contributed by atoms with Gasteiger partial charge >= 0.3 is 0 Å². The van der Waals surface area contributed by atoms with Crippen LogP contribution in [0.15, 0.2) is 30.6 Å². The van der Waals surface area contributed by atoms with E-state index in [0.29, 0.717) is 43.4 Å². The second-order valence-corrected chi connectivity index (χ2v) is 6.27. The van der Waals surface area contributed by atoms with Crippen LogP contribution in [0.2, 0.25) is 0 Å². The van der Waals surface area contributed by atoms with E-state index in [2.05, 4.69) is 9.97 Å². The van der Waals surface area contributed by atoms with Gasteiger partial charge in [-0.25, -0.2) is 14.4 Å². The number of hydrogen-bond donors (Lipinski definition) is 0. The summed E-state index contributed by atoms with van der Waals surface area (Å²) in [5.41, 5.74) is 0.319. The van der Waals surface area contributed by atoms with Gasteiger partial charge in [-0.1, -0.05) is 12.1 Å². The zero-order valence-corrected chi connectivity index (χ0v) is 14.4. The average molecular weight is 358 g/mol. The van der Waals surface area contributed by atoms with E-state index in [1.807, 2.05) is 23.1 Å². The van der Waals surface area contributed by atoms with Crippen molar-refractivity contribution in [1.82, 2.24) is 14.9 Å². The Bertz CT molecular complexity index is 824. The Morgan fingerprint density at radius 2 is 1.88 bits per heavy atom. The number of anilines is 1. The number of halogens is 1. The molecule has 1 fully saturated rings. The van der Waals surface area contributed by atoms with E-state index < -0.39 is 11.9 Å². The van der Waals surface area contributed by atoms with Gasteiger partial charge in [-0.05, 0) is 19.1 Å². The molecule has 0 bridgehead atoms. The Balaban J connectivity index is 1.39. The molecule has 3 heterocycles. The lowest BCUT2D eigenvalue weighted by atomic mass is 10.2. The summed E-state index contributed by atoms with van der Waals surface area (Å²) in [5.74, 6) is 0.993. The van der Waals surface area contributed by atoms with Gasteiger partial charge in [-0.3, -0.25) is 4.79 Å². The standard InChI is InChI=1S/C18H19FN4O3/c1-12-16(19)17(21-11-20-12)22-6-8-23(9-7-22)18(24)15-10-25-13-4-2-3-5-14(13)26-15/h2-5,11,15H,6-10H2,1H3. The predicted molar refractivity (Wildman–Crippen MR) is 91.9 cm³/mol. The summed E-state index contributed by atoms with van der Waals surface area (Å²) in [7, 11) is 0. The van der Waals surface area contributed by atoms with Gasteiger partial charge in [0.15, 0.2) is 23.1 Å². The van der Waals surface area contributed by atoms with Gasteiger partial charge in [0.2, 0.25) is 6.10 Å². The van der Waals surface area contributed by atoms with Gasteiger partial charge in [-0.15, -0.1) is 0 Å². The Morgan fingerprint density at radius 1 is 1.15 bits per heavy atom. The number of ether oxygens (including phenoxy) is 2. The van der Waals surface area contributed by atoms with E-state index >= 15 is 0 Å². The molecule has 2 aromatic rings. The first-order valence-corrected chi connectivity index (χ1v) is 8.53. The number of fused-ring (bicyclic) bond motifs is 1. The second-order valence-electron chi connectivity index (χ2n) is 6.27. The molecule has 0 N–H and O–H groups in total. The van der Waals surface area contributed by atoms with E-state index in [1.54, 1.807) is 17.9 Å². The van der Waals surface area contributed by atoms with Gasteiger partial charge in [-0.2, -0.15) is 0 Å². The highest BCUT2D eigenvalue weighted by Gasteiger charge is 2.33. The molecule has 4 rings (SSSR count). The van der Waals surface area contributed by atoms with Crippen LogP contribution in [0.5, 0.6) is 11.5 Å². The van der Waals surface area contributed by atoms with Crippen molar-refractivity contribution >= 4 is 11.7 Å². The molecule has 0 spiro atoms. The highest BCUT2D eigenvalue weighted by Crippen LogP contribution is 2.31. The van der Waals surface area contributed by atoms with Crippen LogP contribution in [0.1, 0.15) is 5.69 Å². The lowest BCUT2D eigenvalue weighted by Crippen LogP contribution is -2.54. The maximum absolute atomic E-state index is 14.2. The van der Waals surface area contributed by atoms with Gasteiger partial charge in [0, 0.05) is 26.2 Å². The van der Waals surface area contributed by atoms with Crippen molar-refractivity contribution in [2.45, 2.75) is 13.0 Å². The molecular weight excluding hydrogens is 339 g/mol. The molecule has 0 radical (unpaired) electrons. The topological polar surface area (TPSA) is 67.8 Å². The fourth-order valence-corrected chi connectivity index (χ4v) is 3.15. The number of nitrogens with zero attached hydrogens (tertiary/aromatic N) is 4. The number of carbonyl (C=O) groups is 1. The summed E-state index contributed by atoms with van der Waals surface area (Å²) in [5, 5.41) is 0. The minimum atomic E-state index is -0.658. The third-order valence-corrected chi connectivity index (χ3v) is 4.62. The highest BCUT2D eigenvalue weighted by molar-refractivity contribution is 5.82. The lowest BCUT2D eigenvalue weighted by Gasteiger charge is -2.37. The normalized spacial score (nSPS) is 19.4. The van der Waals surface area contributed by atoms with E-state index in [0.717, 1.165) is 0 Å². The molecule has 1 saturated heterocycles. The zero-order valence-electron chi connectivity index (χ0n) is 14.4.